The predicted molar refractivity (Wildman–Crippen MR) is 74.1 cm³/mol. The summed E-state index contributed by atoms with van der Waals surface area (Å²) in [6.45, 7) is 2.08. The van der Waals surface area contributed by atoms with Gasteiger partial charge < -0.3 is 4.42 Å². The van der Waals surface area contributed by atoms with E-state index < -0.39 is 0 Å². The van der Waals surface area contributed by atoms with Crippen molar-refractivity contribution in [3.63, 3.8) is 0 Å². The van der Waals surface area contributed by atoms with Gasteiger partial charge in [0, 0.05) is 6.08 Å². The van der Waals surface area contributed by atoms with Crippen molar-refractivity contribution in [3.8, 4) is 0 Å². The molecule has 88 valence electrons. The molecule has 2 nitrogen and oxygen atoms in total. The van der Waals surface area contributed by atoms with E-state index in [-0.39, 0.29) is 0 Å². The van der Waals surface area contributed by atoms with Gasteiger partial charge >= 0.3 is 0 Å². The van der Waals surface area contributed by atoms with Crippen LogP contribution >= 0.6 is 0 Å². The molecule has 18 heavy (non-hydrogen) atoms. The van der Waals surface area contributed by atoms with Crippen LogP contribution in [-0.2, 0) is 0 Å². The van der Waals surface area contributed by atoms with Crippen LogP contribution in [0, 0.1) is 6.92 Å². The average Bonchev–Trinajstić information content (AvgIpc) is 2.81. The third kappa shape index (κ3) is 2.18. The van der Waals surface area contributed by atoms with Gasteiger partial charge in [-0.2, -0.15) is 0 Å². The fourth-order valence-corrected chi connectivity index (χ4v) is 1.81. The molecule has 3 aromatic rings. The molecule has 0 amide bonds. The van der Waals surface area contributed by atoms with E-state index in [0.29, 0.717) is 5.89 Å². The van der Waals surface area contributed by atoms with E-state index in [2.05, 4.69) is 36.2 Å². The second kappa shape index (κ2) is 4.49. The van der Waals surface area contributed by atoms with Crippen LogP contribution in [0.5, 0.6) is 0 Å². The minimum atomic E-state index is 0.636. The number of rotatable bonds is 2. The largest absolute Gasteiger partial charge is 0.437 e. The second-order valence-electron chi connectivity index (χ2n) is 4.26. The molecule has 1 heterocycles. The van der Waals surface area contributed by atoms with E-state index in [1.165, 1.54) is 5.56 Å². The zero-order valence-corrected chi connectivity index (χ0v) is 10.1. The number of aromatic nitrogens is 1. The van der Waals surface area contributed by atoms with Gasteiger partial charge in [-0.05, 0) is 30.7 Å². The lowest BCUT2D eigenvalue weighted by atomic mass is 10.1. The molecule has 2 aromatic carbocycles. The summed E-state index contributed by atoms with van der Waals surface area (Å²) in [5.41, 5.74) is 4.11. The lowest BCUT2D eigenvalue weighted by Gasteiger charge is -1.93. The van der Waals surface area contributed by atoms with E-state index in [4.69, 9.17) is 4.42 Å². The third-order valence-electron chi connectivity index (χ3n) is 2.81. The first-order valence-corrected chi connectivity index (χ1v) is 5.91. The summed E-state index contributed by atoms with van der Waals surface area (Å²) in [5.74, 6) is 0.636. The van der Waals surface area contributed by atoms with Gasteiger partial charge in [-0.3, -0.25) is 0 Å². The van der Waals surface area contributed by atoms with Crippen LogP contribution in [0.15, 0.2) is 52.9 Å². The average molecular weight is 235 g/mol. The van der Waals surface area contributed by atoms with Gasteiger partial charge in [0.05, 0.1) is 0 Å². The smallest absolute Gasteiger partial charge is 0.220 e. The molecule has 0 saturated heterocycles. The van der Waals surface area contributed by atoms with Crippen molar-refractivity contribution in [1.82, 2.24) is 4.98 Å². The van der Waals surface area contributed by atoms with Gasteiger partial charge in [-0.25, -0.2) is 4.98 Å². The minimum absolute atomic E-state index is 0.636. The Bertz CT molecular complexity index is 659. The minimum Gasteiger partial charge on any atom is -0.437 e. The number of benzene rings is 2. The number of nitrogens with zero attached hydrogens (tertiary/aromatic N) is 1. The Kier molecular flexibility index (Phi) is 2.69. The summed E-state index contributed by atoms with van der Waals surface area (Å²) >= 11 is 0. The molecule has 0 saturated carbocycles. The van der Waals surface area contributed by atoms with Crippen LogP contribution in [0.25, 0.3) is 23.3 Å². The number of para-hydroxylation sites is 2. The van der Waals surface area contributed by atoms with Gasteiger partial charge in [0.25, 0.3) is 0 Å². The molecule has 0 fully saturated rings. The fraction of sp³-hybridized carbons (Fsp3) is 0.0625. The molecular weight excluding hydrogens is 222 g/mol. The van der Waals surface area contributed by atoms with Crippen LogP contribution in [-0.4, -0.2) is 4.98 Å². The summed E-state index contributed by atoms with van der Waals surface area (Å²) in [4.78, 5) is 4.39. The molecule has 3 rings (SSSR count). The Morgan fingerprint density at radius 2 is 1.72 bits per heavy atom. The van der Waals surface area contributed by atoms with Gasteiger partial charge in [-0.1, -0.05) is 42.0 Å². The maximum Gasteiger partial charge on any atom is 0.220 e. The lowest BCUT2D eigenvalue weighted by Crippen LogP contribution is -1.74. The highest BCUT2D eigenvalue weighted by molar-refractivity contribution is 5.75. The zero-order valence-electron chi connectivity index (χ0n) is 10.1. The van der Waals surface area contributed by atoms with E-state index in [1.807, 2.05) is 36.4 Å². The SMILES string of the molecule is Cc1ccc(C=Cc2nc3ccccc3o2)cc1. The Morgan fingerprint density at radius 3 is 2.50 bits per heavy atom. The Morgan fingerprint density at radius 1 is 0.944 bits per heavy atom. The monoisotopic (exact) mass is 235 g/mol. The van der Waals surface area contributed by atoms with Crippen LogP contribution < -0.4 is 0 Å². The Labute approximate surface area is 106 Å². The maximum absolute atomic E-state index is 5.62. The molecule has 0 aliphatic carbocycles. The first-order valence-electron chi connectivity index (χ1n) is 5.91. The van der Waals surface area contributed by atoms with Crippen molar-refractivity contribution < 1.29 is 4.42 Å². The van der Waals surface area contributed by atoms with Crippen LogP contribution in [0.1, 0.15) is 17.0 Å². The fourth-order valence-electron chi connectivity index (χ4n) is 1.81. The Balaban J connectivity index is 1.89. The van der Waals surface area contributed by atoms with Gasteiger partial charge in [0.2, 0.25) is 5.89 Å². The summed E-state index contributed by atoms with van der Waals surface area (Å²) in [6, 6.07) is 16.1. The third-order valence-corrected chi connectivity index (χ3v) is 2.81. The first-order chi connectivity index (χ1) is 8.81. The van der Waals surface area contributed by atoms with Crippen molar-refractivity contribution in [2.24, 2.45) is 0 Å². The standard InChI is InChI=1S/C16H13NO/c1-12-6-8-13(9-7-12)10-11-16-17-14-4-2-3-5-15(14)18-16/h2-11H,1H3. The topological polar surface area (TPSA) is 26.0 Å². The summed E-state index contributed by atoms with van der Waals surface area (Å²) < 4.78 is 5.62. The van der Waals surface area contributed by atoms with Crippen molar-refractivity contribution in [2.45, 2.75) is 6.92 Å². The lowest BCUT2D eigenvalue weighted by molar-refractivity contribution is 0.590. The zero-order chi connectivity index (χ0) is 12.4. The van der Waals surface area contributed by atoms with Crippen LogP contribution in [0.4, 0.5) is 0 Å². The quantitative estimate of drug-likeness (QED) is 0.661. The summed E-state index contributed by atoms with van der Waals surface area (Å²) in [7, 11) is 0. The number of aryl methyl sites for hydroxylation is 1. The highest BCUT2D eigenvalue weighted by Crippen LogP contribution is 2.16. The highest BCUT2D eigenvalue weighted by Gasteiger charge is 2.00. The van der Waals surface area contributed by atoms with Gasteiger partial charge in [0.1, 0.15) is 5.52 Å². The number of fused-ring (bicyclic) bond motifs is 1. The maximum atomic E-state index is 5.62. The highest BCUT2D eigenvalue weighted by atomic mass is 16.3. The van der Waals surface area contributed by atoms with Crippen molar-refractivity contribution in [2.75, 3.05) is 0 Å². The van der Waals surface area contributed by atoms with Crippen LogP contribution in [0.2, 0.25) is 0 Å². The predicted octanol–water partition coefficient (Wildman–Crippen LogP) is 4.31. The van der Waals surface area contributed by atoms with Crippen molar-refractivity contribution >= 4 is 23.3 Å². The molecule has 0 N–H and O–H groups in total. The second-order valence-corrected chi connectivity index (χ2v) is 4.26. The number of oxazole rings is 1. The summed E-state index contributed by atoms with van der Waals surface area (Å²) in [6.07, 6.45) is 3.90. The molecule has 2 heteroatoms. The van der Waals surface area contributed by atoms with E-state index in [1.54, 1.807) is 0 Å². The van der Waals surface area contributed by atoms with Crippen LogP contribution in [0.3, 0.4) is 0 Å². The Hall–Kier alpha value is -2.35. The molecule has 0 atom stereocenters. The number of hydrogen-bond acceptors (Lipinski definition) is 2. The molecule has 0 radical (unpaired) electrons. The molecule has 0 unspecified atom stereocenters. The van der Waals surface area contributed by atoms with Crippen molar-refractivity contribution in [3.05, 3.63) is 65.5 Å². The summed E-state index contributed by atoms with van der Waals surface area (Å²) in [5, 5.41) is 0. The van der Waals surface area contributed by atoms with Gasteiger partial charge in [-0.15, -0.1) is 0 Å². The van der Waals surface area contributed by atoms with Gasteiger partial charge in [0.15, 0.2) is 5.58 Å². The molecule has 0 spiro atoms. The van der Waals surface area contributed by atoms with E-state index >= 15 is 0 Å². The molecule has 0 aliphatic heterocycles. The van der Waals surface area contributed by atoms with E-state index in [9.17, 15) is 0 Å². The molecule has 0 bridgehead atoms. The molecule has 0 aliphatic rings. The van der Waals surface area contributed by atoms with Crippen molar-refractivity contribution in [1.29, 1.82) is 0 Å². The van der Waals surface area contributed by atoms with E-state index in [0.717, 1.165) is 16.7 Å². The molecule has 1 aromatic heterocycles. The molecular formula is C16H13NO. The first kappa shape index (κ1) is 10.8. The normalized spacial score (nSPS) is 11.4. The number of hydrogen-bond donors (Lipinski definition) is 0.